The van der Waals surface area contributed by atoms with E-state index in [1.807, 2.05) is 13.2 Å². The number of carbonyl (C=O) groups is 1. The van der Waals surface area contributed by atoms with Gasteiger partial charge in [0.25, 0.3) is 0 Å². The van der Waals surface area contributed by atoms with Crippen LogP contribution in [0.2, 0.25) is 0 Å². The molecule has 8 heteroatoms. The second kappa shape index (κ2) is 6.66. The first-order valence-corrected chi connectivity index (χ1v) is 7.27. The summed E-state index contributed by atoms with van der Waals surface area (Å²) in [5, 5.41) is 11.0. The molecule has 2 heterocycles. The minimum Gasteiger partial charge on any atom is -0.340 e. The number of hydrogen-bond donors (Lipinski definition) is 1. The van der Waals surface area contributed by atoms with E-state index in [2.05, 4.69) is 22.2 Å². The standard InChI is InChI=1S/C13H20N6OS/c1-4-5-11-15-16-13(21)19(11)9-12(20)17(2)7-10-6-14-18(3)8-10/h6,8H,4-5,7,9H2,1-3H3,(H,16,21). The minimum atomic E-state index is -0.00583. The molecule has 2 aromatic rings. The van der Waals surface area contributed by atoms with Crippen LogP contribution in [0, 0.1) is 4.77 Å². The molecule has 0 radical (unpaired) electrons. The van der Waals surface area contributed by atoms with E-state index in [0.717, 1.165) is 24.2 Å². The number of aryl methyl sites for hydroxylation is 2. The predicted octanol–water partition coefficient (Wildman–Crippen LogP) is 1.29. The Labute approximate surface area is 128 Å². The first-order valence-electron chi connectivity index (χ1n) is 6.86. The Morgan fingerprint density at radius 3 is 2.90 bits per heavy atom. The maximum absolute atomic E-state index is 12.3. The first kappa shape index (κ1) is 15.4. The molecular weight excluding hydrogens is 288 g/mol. The number of aromatic amines is 1. The van der Waals surface area contributed by atoms with Crippen molar-refractivity contribution in [1.82, 2.24) is 29.4 Å². The van der Waals surface area contributed by atoms with Crippen LogP contribution >= 0.6 is 12.2 Å². The van der Waals surface area contributed by atoms with Crippen LogP contribution in [-0.2, 0) is 31.4 Å². The Morgan fingerprint density at radius 1 is 1.52 bits per heavy atom. The smallest absolute Gasteiger partial charge is 0.242 e. The number of likely N-dealkylation sites (N-methyl/N-ethyl adjacent to an activating group) is 1. The maximum atomic E-state index is 12.3. The summed E-state index contributed by atoms with van der Waals surface area (Å²) in [5.41, 5.74) is 0.998. The number of nitrogens with zero attached hydrogens (tertiary/aromatic N) is 5. The third kappa shape index (κ3) is 3.78. The molecule has 1 amide bonds. The van der Waals surface area contributed by atoms with E-state index in [0.29, 0.717) is 11.3 Å². The van der Waals surface area contributed by atoms with Crippen molar-refractivity contribution in [2.24, 2.45) is 7.05 Å². The highest BCUT2D eigenvalue weighted by atomic mass is 32.1. The fourth-order valence-corrected chi connectivity index (χ4v) is 2.31. The molecule has 0 fully saturated rings. The summed E-state index contributed by atoms with van der Waals surface area (Å²) in [6, 6.07) is 0. The van der Waals surface area contributed by atoms with Gasteiger partial charge in [-0.2, -0.15) is 10.2 Å². The third-order valence-corrected chi connectivity index (χ3v) is 3.52. The van der Waals surface area contributed by atoms with Crippen LogP contribution in [0.1, 0.15) is 24.7 Å². The number of rotatable bonds is 6. The minimum absolute atomic E-state index is 0.00583. The molecule has 0 aromatic carbocycles. The van der Waals surface area contributed by atoms with Crippen molar-refractivity contribution in [2.45, 2.75) is 32.9 Å². The Bertz CT molecular complexity index is 670. The normalized spacial score (nSPS) is 10.8. The Balaban J connectivity index is 2.03. The Kier molecular flexibility index (Phi) is 4.89. The van der Waals surface area contributed by atoms with Gasteiger partial charge in [-0.25, -0.2) is 0 Å². The fraction of sp³-hybridized carbons (Fsp3) is 0.538. The molecule has 0 saturated heterocycles. The molecule has 0 bridgehead atoms. The fourth-order valence-electron chi connectivity index (χ4n) is 2.10. The van der Waals surface area contributed by atoms with Gasteiger partial charge in [0.15, 0.2) is 4.77 Å². The molecule has 2 rings (SSSR count). The molecule has 0 unspecified atom stereocenters. The zero-order valence-corrected chi connectivity index (χ0v) is 13.4. The van der Waals surface area contributed by atoms with Gasteiger partial charge in [0.05, 0.1) is 6.20 Å². The average Bonchev–Trinajstić information content (AvgIpc) is 2.99. The number of hydrogen-bond acceptors (Lipinski definition) is 4. The Hall–Kier alpha value is -1.96. The molecule has 2 aromatic heterocycles. The van der Waals surface area contributed by atoms with Crippen molar-refractivity contribution in [2.75, 3.05) is 7.05 Å². The summed E-state index contributed by atoms with van der Waals surface area (Å²) in [4.78, 5) is 14.0. The summed E-state index contributed by atoms with van der Waals surface area (Å²) in [7, 11) is 3.63. The molecular formula is C13H20N6OS. The zero-order valence-electron chi connectivity index (χ0n) is 12.5. The van der Waals surface area contributed by atoms with Crippen LogP contribution in [0.3, 0.4) is 0 Å². The molecule has 0 saturated carbocycles. The van der Waals surface area contributed by atoms with Crippen LogP contribution in [0.4, 0.5) is 0 Å². The van der Waals surface area contributed by atoms with E-state index in [-0.39, 0.29) is 12.5 Å². The largest absolute Gasteiger partial charge is 0.340 e. The number of H-pyrrole nitrogens is 1. The van der Waals surface area contributed by atoms with E-state index >= 15 is 0 Å². The van der Waals surface area contributed by atoms with Crippen molar-refractivity contribution in [1.29, 1.82) is 0 Å². The molecule has 0 spiro atoms. The van der Waals surface area contributed by atoms with Gasteiger partial charge in [-0.3, -0.25) is 19.1 Å². The molecule has 114 valence electrons. The summed E-state index contributed by atoms with van der Waals surface area (Å²) >= 11 is 5.19. The van der Waals surface area contributed by atoms with Gasteiger partial charge in [-0.1, -0.05) is 6.92 Å². The van der Waals surface area contributed by atoms with Crippen molar-refractivity contribution >= 4 is 18.1 Å². The topological polar surface area (TPSA) is 71.7 Å². The summed E-state index contributed by atoms with van der Waals surface area (Å²) < 4.78 is 3.97. The molecule has 0 aliphatic carbocycles. The SMILES string of the molecule is CCCc1n[nH]c(=S)n1CC(=O)N(C)Cc1cnn(C)c1. The lowest BCUT2D eigenvalue weighted by Crippen LogP contribution is -2.30. The number of carbonyl (C=O) groups excluding carboxylic acids is 1. The molecule has 0 atom stereocenters. The van der Waals surface area contributed by atoms with E-state index in [4.69, 9.17) is 12.2 Å². The molecule has 0 aliphatic heterocycles. The summed E-state index contributed by atoms with van der Waals surface area (Å²) in [5.74, 6) is 0.819. The van der Waals surface area contributed by atoms with Gasteiger partial charge in [-0.05, 0) is 18.6 Å². The van der Waals surface area contributed by atoms with Gasteiger partial charge >= 0.3 is 0 Å². The van der Waals surface area contributed by atoms with Crippen LogP contribution in [0.25, 0.3) is 0 Å². The zero-order chi connectivity index (χ0) is 15.4. The number of nitrogens with one attached hydrogen (secondary N) is 1. The van der Waals surface area contributed by atoms with Crippen LogP contribution in [0.15, 0.2) is 12.4 Å². The van der Waals surface area contributed by atoms with Crippen molar-refractivity contribution in [3.8, 4) is 0 Å². The van der Waals surface area contributed by atoms with Crippen LogP contribution in [-0.4, -0.2) is 42.4 Å². The van der Waals surface area contributed by atoms with Crippen molar-refractivity contribution in [3.05, 3.63) is 28.6 Å². The van der Waals surface area contributed by atoms with Crippen molar-refractivity contribution < 1.29 is 4.79 Å². The molecule has 0 aliphatic rings. The molecule has 21 heavy (non-hydrogen) atoms. The van der Waals surface area contributed by atoms with Crippen molar-refractivity contribution in [3.63, 3.8) is 0 Å². The molecule has 7 nitrogen and oxygen atoms in total. The summed E-state index contributed by atoms with van der Waals surface area (Å²) in [6.07, 6.45) is 5.41. The van der Waals surface area contributed by atoms with E-state index in [9.17, 15) is 4.79 Å². The highest BCUT2D eigenvalue weighted by molar-refractivity contribution is 7.71. The van der Waals surface area contributed by atoms with Gasteiger partial charge in [0, 0.05) is 38.8 Å². The van der Waals surface area contributed by atoms with Gasteiger partial charge in [-0.15, -0.1) is 0 Å². The third-order valence-electron chi connectivity index (χ3n) is 3.21. The predicted molar refractivity (Wildman–Crippen MR) is 81.1 cm³/mol. The van der Waals surface area contributed by atoms with E-state index < -0.39 is 0 Å². The van der Waals surface area contributed by atoms with Crippen LogP contribution < -0.4 is 0 Å². The highest BCUT2D eigenvalue weighted by Gasteiger charge is 2.14. The monoisotopic (exact) mass is 308 g/mol. The van der Waals surface area contributed by atoms with Gasteiger partial charge in [0.1, 0.15) is 12.4 Å². The maximum Gasteiger partial charge on any atom is 0.242 e. The van der Waals surface area contributed by atoms with Gasteiger partial charge < -0.3 is 4.90 Å². The number of amides is 1. The summed E-state index contributed by atoms with van der Waals surface area (Å²) in [6.45, 7) is 2.81. The lowest BCUT2D eigenvalue weighted by Gasteiger charge is -2.17. The van der Waals surface area contributed by atoms with Crippen LogP contribution in [0.5, 0.6) is 0 Å². The quantitative estimate of drug-likeness (QED) is 0.816. The lowest BCUT2D eigenvalue weighted by molar-refractivity contribution is -0.131. The first-order chi connectivity index (χ1) is 10.0. The van der Waals surface area contributed by atoms with E-state index in [1.165, 1.54) is 0 Å². The highest BCUT2D eigenvalue weighted by Crippen LogP contribution is 2.05. The second-order valence-corrected chi connectivity index (χ2v) is 5.44. The van der Waals surface area contributed by atoms with E-state index in [1.54, 1.807) is 27.4 Å². The Morgan fingerprint density at radius 2 is 2.29 bits per heavy atom. The lowest BCUT2D eigenvalue weighted by atomic mass is 10.3. The second-order valence-electron chi connectivity index (χ2n) is 5.05. The van der Waals surface area contributed by atoms with Gasteiger partial charge in [0.2, 0.25) is 5.91 Å². The average molecular weight is 308 g/mol. The number of aromatic nitrogens is 5. The molecule has 1 N–H and O–H groups in total.